The highest BCUT2D eigenvalue weighted by molar-refractivity contribution is 6.62. The molecule has 0 aromatic heterocycles. The summed E-state index contributed by atoms with van der Waals surface area (Å²) in [5.74, 6) is 1.87. The molecule has 3 rings (SSSR count). The summed E-state index contributed by atoms with van der Waals surface area (Å²) >= 11 is 0. The fourth-order valence-corrected chi connectivity index (χ4v) is 3.82. The number of benzene rings is 1. The van der Waals surface area contributed by atoms with E-state index >= 15 is 0 Å². The molecular weight excluding hydrogens is 311 g/mol. The predicted octanol–water partition coefficient (Wildman–Crippen LogP) is 4.72. The van der Waals surface area contributed by atoms with E-state index < -0.39 is 0 Å². The van der Waals surface area contributed by atoms with Gasteiger partial charge in [-0.1, -0.05) is 31.9 Å². The summed E-state index contributed by atoms with van der Waals surface area (Å²) in [5.41, 5.74) is 0.450. The van der Waals surface area contributed by atoms with Crippen LogP contribution in [0.1, 0.15) is 73.1 Å². The Morgan fingerprint density at radius 2 is 1.52 bits per heavy atom. The number of hydrogen-bond donors (Lipinski definition) is 0. The van der Waals surface area contributed by atoms with Crippen LogP contribution in [0, 0.1) is 5.92 Å². The standard InChI is InChI=1S/C21H33BO3/c1-6-7-16-8-12-18(13-9-16)23-19-14-10-17(11-15-19)22-24-20(2,3)21(4,5)25-22/h10-11,14-16,18H,6-9,12-13H2,1-5H3. The first-order valence-electron chi connectivity index (χ1n) is 9.93. The van der Waals surface area contributed by atoms with Gasteiger partial charge in [-0.3, -0.25) is 0 Å². The molecule has 0 spiro atoms. The minimum absolute atomic E-state index is 0.302. The zero-order valence-corrected chi connectivity index (χ0v) is 16.5. The van der Waals surface area contributed by atoms with Crippen LogP contribution in [0.4, 0.5) is 0 Å². The van der Waals surface area contributed by atoms with Crippen LogP contribution < -0.4 is 10.2 Å². The lowest BCUT2D eigenvalue weighted by Gasteiger charge is -2.32. The molecule has 0 unspecified atom stereocenters. The van der Waals surface area contributed by atoms with Crippen LogP contribution in [0.3, 0.4) is 0 Å². The molecule has 1 saturated carbocycles. The first-order valence-corrected chi connectivity index (χ1v) is 9.93. The van der Waals surface area contributed by atoms with Crippen molar-refractivity contribution < 1.29 is 14.0 Å². The number of rotatable bonds is 5. The smallest absolute Gasteiger partial charge is 0.490 e. The molecule has 1 aliphatic heterocycles. The molecule has 0 bridgehead atoms. The van der Waals surface area contributed by atoms with Crippen molar-refractivity contribution in [3.8, 4) is 5.75 Å². The van der Waals surface area contributed by atoms with Crippen molar-refractivity contribution in [1.82, 2.24) is 0 Å². The molecule has 138 valence electrons. The van der Waals surface area contributed by atoms with E-state index in [2.05, 4.69) is 58.9 Å². The lowest BCUT2D eigenvalue weighted by molar-refractivity contribution is 0.00578. The Labute approximate surface area is 153 Å². The third-order valence-electron chi connectivity index (χ3n) is 6.20. The maximum absolute atomic E-state index is 6.20. The second kappa shape index (κ2) is 7.32. The lowest BCUT2D eigenvalue weighted by Crippen LogP contribution is -2.41. The van der Waals surface area contributed by atoms with E-state index in [-0.39, 0.29) is 18.3 Å². The van der Waals surface area contributed by atoms with Crippen molar-refractivity contribution in [2.24, 2.45) is 5.92 Å². The van der Waals surface area contributed by atoms with Gasteiger partial charge in [-0.05, 0) is 76.9 Å². The van der Waals surface area contributed by atoms with Crippen LogP contribution in [0.5, 0.6) is 5.75 Å². The van der Waals surface area contributed by atoms with Crippen molar-refractivity contribution in [3.63, 3.8) is 0 Å². The second-order valence-electron chi connectivity index (χ2n) is 8.71. The molecule has 1 aliphatic carbocycles. The molecule has 25 heavy (non-hydrogen) atoms. The van der Waals surface area contributed by atoms with Crippen LogP contribution >= 0.6 is 0 Å². The average Bonchev–Trinajstić information content (AvgIpc) is 2.78. The Hall–Kier alpha value is -0.995. The van der Waals surface area contributed by atoms with Crippen LogP contribution in [0.2, 0.25) is 0 Å². The van der Waals surface area contributed by atoms with E-state index in [1.165, 1.54) is 38.5 Å². The summed E-state index contributed by atoms with van der Waals surface area (Å²) in [7, 11) is -0.302. The van der Waals surface area contributed by atoms with Gasteiger partial charge in [0.15, 0.2) is 0 Å². The van der Waals surface area contributed by atoms with E-state index in [9.17, 15) is 0 Å². The van der Waals surface area contributed by atoms with Crippen LogP contribution in [-0.2, 0) is 9.31 Å². The molecule has 1 saturated heterocycles. The summed E-state index contributed by atoms with van der Waals surface area (Å²) in [6, 6.07) is 8.25. The second-order valence-corrected chi connectivity index (χ2v) is 8.71. The van der Waals surface area contributed by atoms with Crippen LogP contribution in [0.15, 0.2) is 24.3 Å². The van der Waals surface area contributed by atoms with Gasteiger partial charge in [0.1, 0.15) is 5.75 Å². The molecule has 0 amide bonds. The van der Waals surface area contributed by atoms with E-state index in [0.717, 1.165) is 17.1 Å². The fraction of sp³-hybridized carbons (Fsp3) is 0.714. The van der Waals surface area contributed by atoms with E-state index in [1.807, 2.05) is 0 Å². The summed E-state index contributed by atoms with van der Waals surface area (Å²) in [4.78, 5) is 0. The van der Waals surface area contributed by atoms with Gasteiger partial charge >= 0.3 is 7.12 Å². The first-order chi connectivity index (χ1) is 11.8. The SMILES string of the molecule is CCCC1CCC(Oc2ccc(B3OC(C)(C)C(C)(C)O3)cc2)CC1. The molecule has 0 N–H and O–H groups in total. The average molecular weight is 344 g/mol. The predicted molar refractivity (Wildman–Crippen MR) is 103 cm³/mol. The number of ether oxygens (including phenoxy) is 1. The largest absolute Gasteiger partial charge is 0.494 e. The summed E-state index contributed by atoms with van der Waals surface area (Å²) in [5, 5.41) is 0. The van der Waals surface area contributed by atoms with Crippen molar-refractivity contribution in [3.05, 3.63) is 24.3 Å². The minimum atomic E-state index is -0.302. The van der Waals surface area contributed by atoms with Crippen molar-refractivity contribution in [2.75, 3.05) is 0 Å². The third-order valence-corrected chi connectivity index (χ3v) is 6.20. The minimum Gasteiger partial charge on any atom is -0.490 e. The Bertz CT molecular complexity index is 543. The highest BCUT2D eigenvalue weighted by Crippen LogP contribution is 2.36. The third kappa shape index (κ3) is 4.23. The highest BCUT2D eigenvalue weighted by Gasteiger charge is 2.51. The Kier molecular flexibility index (Phi) is 5.50. The highest BCUT2D eigenvalue weighted by atomic mass is 16.7. The van der Waals surface area contributed by atoms with Gasteiger partial charge in [0.2, 0.25) is 0 Å². The Morgan fingerprint density at radius 3 is 2.04 bits per heavy atom. The van der Waals surface area contributed by atoms with Gasteiger partial charge in [0, 0.05) is 0 Å². The summed E-state index contributed by atoms with van der Waals surface area (Å²) in [6.07, 6.45) is 8.03. The molecule has 0 atom stereocenters. The monoisotopic (exact) mass is 344 g/mol. The maximum atomic E-state index is 6.20. The van der Waals surface area contributed by atoms with Crippen molar-refractivity contribution in [2.45, 2.75) is 90.4 Å². The van der Waals surface area contributed by atoms with E-state index in [0.29, 0.717) is 6.10 Å². The maximum Gasteiger partial charge on any atom is 0.494 e. The van der Waals surface area contributed by atoms with Gasteiger partial charge in [-0.25, -0.2) is 0 Å². The lowest BCUT2D eigenvalue weighted by atomic mass is 9.79. The van der Waals surface area contributed by atoms with Gasteiger partial charge < -0.3 is 14.0 Å². The van der Waals surface area contributed by atoms with E-state index in [4.69, 9.17) is 14.0 Å². The fourth-order valence-electron chi connectivity index (χ4n) is 3.82. The molecule has 2 aliphatic rings. The van der Waals surface area contributed by atoms with Gasteiger partial charge in [0.05, 0.1) is 17.3 Å². The van der Waals surface area contributed by atoms with Crippen LogP contribution in [-0.4, -0.2) is 24.4 Å². The van der Waals surface area contributed by atoms with Gasteiger partial charge in [-0.15, -0.1) is 0 Å². The molecular formula is C21H33BO3. The molecule has 4 heteroatoms. The van der Waals surface area contributed by atoms with Gasteiger partial charge in [0.25, 0.3) is 0 Å². The number of hydrogen-bond acceptors (Lipinski definition) is 3. The Balaban J connectivity index is 1.55. The Morgan fingerprint density at radius 1 is 0.960 bits per heavy atom. The molecule has 3 nitrogen and oxygen atoms in total. The molecule has 2 fully saturated rings. The van der Waals surface area contributed by atoms with Crippen molar-refractivity contribution in [1.29, 1.82) is 0 Å². The molecule has 0 radical (unpaired) electrons. The van der Waals surface area contributed by atoms with Crippen molar-refractivity contribution >= 4 is 12.6 Å². The topological polar surface area (TPSA) is 27.7 Å². The summed E-state index contributed by atoms with van der Waals surface area (Å²) in [6.45, 7) is 10.6. The zero-order valence-electron chi connectivity index (χ0n) is 16.5. The quantitative estimate of drug-likeness (QED) is 0.723. The first kappa shape index (κ1) is 18.8. The van der Waals surface area contributed by atoms with Crippen LogP contribution in [0.25, 0.3) is 0 Å². The molecule has 1 heterocycles. The van der Waals surface area contributed by atoms with Gasteiger partial charge in [-0.2, -0.15) is 0 Å². The normalized spacial score (nSPS) is 28.1. The zero-order chi connectivity index (χ0) is 18.1. The summed E-state index contributed by atoms with van der Waals surface area (Å²) < 4.78 is 18.4. The molecule has 1 aromatic carbocycles. The molecule has 1 aromatic rings. The van der Waals surface area contributed by atoms with E-state index in [1.54, 1.807) is 0 Å².